The molecular weight excluding hydrogens is 134 g/mol. The lowest BCUT2D eigenvalue weighted by Gasteiger charge is -1.89. The van der Waals surface area contributed by atoms with Gasteiger partial charge in [-0.25, -0.2) is 4.79 Å². The zero-order valence-corrected chi connectivity index (χ0v) is 6.29. The number of hydrogen-bond donors (Lipinski definition) is 1. The van der Waals surface area contributed by atoms with Crippen molar-refractivity contribution in [3.05, 3.63) is 0 Å². The van der Waals surface area contributed by atoms with Gasteiger partial charge in [0.25, 0.3) is 0 Å². The quantitative estimate of drug-likeness (QED) is 0.549. The van der Waals surface area contributed by atoms with Crippen LogP contribution in [0.25, 0.3) is 0 Å². The van der Waals surface area contributed by atoms with Crippen molar-refractivity contribution < 1.29 is 14.3 Å². The number of amides is 1. The minimum absolute atomic E-state index is 0.356. The molecule has 0 bridgehead atoms. The van der Waals surface area contributed by atoms with E-state index in [1.807, 2.05) is 0 Å². The van der Waals surface area contributed by atoms with Crippen LogP contribution >= 0.6 is 0 Å². The van der Waals surface area contributed by atoms with Crippen LogP contribution < -0.4 is 5.73 Å². The molecule has 0 saturated carbocycles. The number of hydrogen-bond acceptors (Lipinski definition) is 3. The number of primary amides is 1. The van der Waals surface area contributed by atoms with Gasteiger partial charge in [-0.3, -0.25) is 0 Å². The third-order valence-corrected chi connectivity index (χ3v) is 0.787. The van der Waals surface area contributed by atoms with Crippen molar-refractivity contribution in [3.63, 3.8) is 0 Å². The van der Waals surface area contributed by atoms with E-state index in [-0.39, 0.29) is 0 Å². The molecule has 4 heteroatoms. The lowest BCUT2D eigenvalue weighted by Crippen LogP contribution is -2.11. The Balaban J connectivity index is 0.000000172. The van der Waals surface area contributed by atoms with Gasteiger partial charge in [0, 0.05) is 0 Å². The van der Waals surface area contributed by atoms with Crippen LogP contribution in [0, 0.1) is 0 Å². The van der Waals surface area contributed by atoms with Crippen molar-refractivity contribution in [1.29, 1.82) is 0 Å². The van der Waals surface area contributed by atoms with Gasteiger partial charge in [-0.2, -0.15) is 0 Å². The van der Waals surface area contributed by atoms with Crippen LogP contribution in [0.3, 0.4) is 0 Å². The molecule has 1 aliphatic rings. The van der Waals surface area contributed by atoms with E-state index in [9.17, 15) is 4.79 Å². The predicted octanol–water partition coefficient (Wildman–Crippen LogP) is 0.507. The Morgan fingerprint density at radius 3 is 2.30 bits per heavy atom. The molecule has 0 spiro atoms. The summed E-state index contributed by atoms with van der Waals surface area (Å²) in [6, 6.07) is 0. The molecule has 0 aliphatic carbocycles. The summed E-state index contributed by atoms with van der Waals surface area (Å²) in [5.74, 6) is 0. The third kappa shape index (κ3) is 10.3. The Labute approximate surface area is 60.3 Å². The lowest BCUT2D eigenvalue weighted by molar-refractivity contribution is 0.163. The van der Waals surface area contributed by atoms with Gasteiger partial charge in [0.1, 0.15) is 0 Å². The predicted molar refractivity (Wildman–Crippen MR) is 36.6 cm³/mol. The lowest BCUT2D eigenvalue weighted by atomic mass is 10.6. The molecule has 1 saturated heterocycles. The fraction of sp³-hybridized carbons (Fsp3) is 0.833. The normalized spacial score (nSPS) is 20.4. The molecule has 0 aromatic heterocycles. The van der Waals surface area contributed by atoms with Gasteiger partial charge in [-0.15, -0.1) is 0 Å². The van der Waals surface area contributed by atoms with Gasteiger partial charge in [0.15, 0.2) is 0 Å². The van der Waals surface area contributed by atoms with E-state index >= 15 is 0 Å². The molecule has 4 nitrogen and oxygen atoms in total. The minimum atomic E-state index is -0.711. The first kappa shape index (κ1) is 9.23. The van der Waals surface area contributed by atoms with Crippen LogP contribution in [0.5, 0.6) is 0 Å². The summed E-state index contributed by atoms with van der Waals surface area (Å²) < 4.78 is 8.89. The van der Waals surface area contributed by atoms with E-state index in [0.29, 0.717) is 12.7 Å². The first-order chi connectivity index (χ1) is 4.66. The van der Waals surface area contributed by atoms with Crippen LogP contribution in [0.15, 0.2) is 0 Å². The highest BCUT2D eigenvalue weighted by Crippen LogP contribution is 2.04. The topological polar surface area (TPSA) is 64.8 Å². The number of ether oxygens (including phenoxy) is 2. The standard InChI is InChI=1S/C3H7NO2.C3H6O/c1-2-6-3(4)5;1-3-2-4-3/h2H2,1H3,(H2,4,5);3H,2H2,1H3. The van der Waals surface area contributed by atoms with Crippen LogP contribution in [-0.4, -0.2) is 25.4 Å². The molecule has 1 amide bonds. The van der Waals surface area contributed by atoms with E-state index in [1.54, 1.807) is 6.92 Å². The maximum atomic E-state index is 9.60. The Morgan fingerprint density at radius 1 is 1.90 bits per heavy atom. The second-order valence-electron chi connectivity index (χ2n) is 1.90. The monoisotopic (exact) mass is 147 g/mol. The highest BCUT2D eigenvalue weighted by molar-refractivity contribution is 5.64. The van der Waals surface area contributed by atoms with Crippen molar-refractivity contribution in [3.8, 4) is 0 Å². The van der Waals surface area contributed by atoms with Crippen molar-refractivity contribution in [2.45, 2.75) is 20.0 Å². The van der Waals surface area contributed by atoms with Crippen LogP contribution in [0.2, 0.25) is 0 Å². The molecule has 1 aliphatic heterocycles. The number of carbonyl (C=O) groups excluding carboxylic acids is 1. The fourth-order valence-corrected chi connectivity index (χ4v) is 0.238. The van der Waals surface area contributed by atoms with Crippen molar-refractivity contribution >= 4 is 6.09 Å². The molecule has 2 N–H and O–H groups in total. The highest BCUT2D eigenvalue weighted by Gasteiger charge is 2.13. The Hall–Kier alpha value is -0.770. The smallest absolute Gasteiger partial charge is 0.404 e. The Morgan fingerprint density at radius 2 is 2.30 bits per heavy atom. The number of nitrogens with two attached hydrogens (primary N) is 1. The molecule has 1 atom stereocenters. The first-order valence-electron chi connectivity index (χ1n) is 3.20. The van der Waals surface area contributed by atoms with Gasteiger partial charge in [-0.05, 0) is 13.8 Å². The largest absolute Gasteiger partial charge is 0.450 e. The number of epoxide rings is 1. The molecule has 1 heterocycles. The van der Waals surface area contributed by atoms with E-state index in [0.717, 1.165) is 6.61 Å². The van der Waals surface area contributed by atoms with Crippen LogP contribution in [0.4, 0.5) is 4.79 Å². The van der Waals surface area contributed by atoms with Crippen molar-refractivity contribution in [2.24, 2.45) is 5.73 Å². The second-order valence-corrected chi connectivity index (χ2v) is 1.90. The molecule has 1 fully saturated rings. The van der Waals surface area contributed by atoms with Gasteiger partial charge in [0.05, 0.1) is 19.3 Å². The first-order valence-corrected chi connectivity index (χ1v) is 3.20. The average molecular weight is 147 g/mol. The zero-order valence-electron chi connectivity index (χ0n) is 6.29. The molecular formula is C6H13NO3. The second kappa shape index (κ2) is 5.05. The summed E-state index contributed by atoms with van der Waals surface area (Å²) in [6.07, 6.45) is -0.127. The zero-order chi connectivity index (χ0) is 7.98. The van der Waals surface area contributed by atoms with Gasteiger partial charge in [0.2, 0.25) is 0 Å². The van der Waals surface area contributed by atoms with Crippen LogP contribution in [0.1, 0.15) is 13.8 Å². The molecule has 10 heavy (non-hydrogen) atoms. The summed E-state index contributed by atoms with van der Waals surface area (Å²) in [7, 11) is 0. The minimum Gasteiger partial charge on any atom is -0.450 e. The summed E-state index contributed by atoms with van der Waals surface area (Å²) in [5, 5.41) is 0. The van der Waals surface area contributed by atoms with Crippen molar-refractivity contribution in [1.82, 2.24) is 0 Å². The molecule has 1 rings (SSSR count). The van der Waals surface area contributed by atoms with Gasteiger partial charge < -0.3 is 15.2 Å². The molecule has 0 aromatic rings. The Bertz CT molecular complexity index is 101. The summed E-state index contributed by atoms with van der Waals surface area (Å²) in [5.41, 5.74) is 4.54. The summed E-state index contributed by atoms with van der Waals surface area (Å²) in [4.78, 5) is 9.60. The highest BCUT2D eigenvalue weighted by atomic mass is 16.6. The summed E-state index contributed by atoms with van der Waals surface area (Å²) in [6.45, 7) is 5.10. The van der Waals surface area contributed by atoms with E-state index < -0.39 is 6.09 Å². The van der Waals surface area contributed by atoms with Gasteiger partial charge in [-0.1, -0.05) is 0 Å². The number of carbonyl (C=O) groups is 1. The summed E-state index contributed by atoms with van der Waals surface area (Å²) >= 11 is 0. The van der Waals surface area contributed by atoms with E-state index in [2.05, 4.69) is 17.4 Å². The third-order valence-electron chi connectivity index (χ3n) is 0.787. The molecule has 60 valence electrons. The van der Waals surface area contributed by atoms with Crippen molar-refractivity contribution in [2.75, 3.05) is 13.2 Å². The van der Waals surface area contributed by atoms with Gasteiger partial charge >= 0.3 is 6.09 Å². The van der Waals surface area contributed by atoms with Crippen LogP contribution in [-0.2, 0) is 9.47 Å². The average Bonchev–Trinajstić information content (AvgIpc) is 2.52. The molecule has 1 unspecified atom stereocenters. The fourth-order valence-electron chi connectivity index (χ4n) is 0.238. The molecule has 0 aromatic carbocycles. The van der Waals surface area contributed by atoms with E-state index in [4.69, 9.17) is 4.74 Å². The number of rotatable bonds is 1. The molecule has 0 radical (unpaired) electrons. The van der Waals surface area contributed by atoms with E-state index in [1.165, 1.54) is 0 Å². The Kier molecular flexibility index (Phi) is 4.66. The maximum absolute atomic E-state index is 9.60. The maximum Gasteiger partial charge on any atom is 0.404 e. The SMILES string of the molecule is CC1CO1.CCOC(N)=O.